The van der Waals surface area contributed by atoms with E-state index in [-0.39, 0.29) is 24.1 Å². The average Bonchev–Trinajstić information content (AvgIpc) is 3.39. The zero-order chi connectivity index (χ0) is 18.6. The fraction of sp³-hybridized carbons (Fsp3) is 0.286. The molecule has 1 saturated heterocycles. The highest BCUT2D eigenvalue weighted by atomic mass is 35.5. The smallest absolute Gasteiger partial charge is 0.257 e. The van der Waals surface area contributed by atoms with Gasteiger partial charge in [-0.15, -0.1) is 23.7 Å². The summed E-state index contributed by atoms with van der Waals surface area (Å²) in [7, 11) is 0. The monoisotopic (exact) mass is 420 g/mol. The van der Waals surface area contributed by atoms with Crippen molar-refractivity contribution in [3.63, 3.8) is 0 Å². The highest BCUT2D eigenvalue weighted by Crippen LogP contribution is 2.28. The highest BCUT2D eigenvalue weighted by molar-refractivity contribution is 7.15. The Morgan fingerprint density at radius 1 is 1.14 bits per heavy atom. The van der Waals surface area contributed by atoms with Crippen LogP contribution in [0.2, 0.25) is 0 Å². The maximum Gasteiger partial charge on any atom is 0.257 e. The molecule has 0 radical (unpaired) electrons. The maximum atomic E-state index is 13.1. The third kappa shape index (κ3) is 4.82. The van der Waals surface area contributed by atoms with Crippen molar-refractivity contribution in [2.24, 2.45) is 0 Å². The number of rotatable bonds is 5. The second-order valence-electron chi connectivity index (χ2n) is 6.73. The van der Waals surface area contributed by atoms with Crippen molar-refractivity contribution < 1.29 is 13.6 Å². The fourth-order valence-electron chi connectivity index (χ4n) is 3.34. The second kappa shape index (κ2) is 9.37. The SMILES string of the molecule is Cl.O=C(c1ccoc1)N1CCC(NCc2ccc(-c3ccc(F)cc3)s2)CC1. The molecule has 4 nitrogen and oxygen atoms in total. The second-order valence-corrected chi connectivity index (χ2v) is 7.90. The molecule has 1 aliphatic rings. The topological polar surface area (TPSA) is 45.5 Å². The molecule has 28 heavy (non-hydrogen) atoms. The number of piperidine rings is 1. The van der Waals surface area contributed by atoms with Crippen LogP contribution in [0.15, 0.2) is 59.4 Å². The zero-order valence-electron chi connectivity index (χ0n) is 15.3. The van der Waals surface area contributed by atoms with Crippen molar-refractivity contribution in [2.45, 2.75) is 25.4 Å². The molecule has 3 aromatic rings. The number of thiophene rings is 1. The molecular formula is C21H22ClFN2O2S. The van der Waals surface area contributed by atoms with E-state index in [0.717, 1.165) is 42.9 Å². The predicted octanol–water partition coefficient (Wildman–Crippen LogP) is 4.96. The molecule has 0 aliphatic carbocycles. The van der Waals surface area contributed by atoms with Crippen LogP contribution >= 0.6 is 23.7 Å². The number of hydrogen-bond acceptors (Lipinski definition) is 4. The van der Waals surface area contributed by atoms with Crippen LogP contribution < -0.4 is 5.32 Å². The van der Waals surface area contributed by atoms with E-state index in [1.54, 1.807) is 17.4 Å². The molecule has 0 unspecified atom stereocenters. The lowest BCUT2D eigenvalue weighted by molar-refractivity contribution is 0.0704. The van der Waals surface area contributed by atoms with Crippen molar-refractivity contribution in [3.05, 3.63) is 71.2 Å². The molecule has 1 aliphatic heterocycles. The minimum Gasteiger partial charge on any atom is -0.472 e. The van der Waals surface area contributed by atoms with E-state index in [0.29, 0.717) is 11.6 Å². The molecule has 0 spiro atoms. The third-order valence-corrected chi connectivity index (χ3v) is 6.04. The number of hydrogen-bond donors (Lipinski definition) is 1. The van der Waals surface area contributed by atoms with Crippen molar-refractivity contribution in [3.8, 4) is 10.4 Å². The number of amides is 1. The average molecular weight is 421 g/mol. The summed E-state index contributed by atoms with van der Waals surface area (Å²) in [5.74, 6) is -0.167. The van der Waals surface area contributed by atoms with Gasteiger partial charge in [0.15, 0.2) is 0 Å². The summed E-state index contributed by atoms with van der Waals surface area (Å²) in [6, 6.07) is 12.9. The molecule has 1 fully saturated rings. The first kappa shape index (κ1) is 20.6. The lowest BCUT2D eigenvalue weighted by Crippen LogP contribution is -2.44. The number of furan rings is 1. The van der Waals surface area contributed by atoms with Gasteiger partial charge < -0.3 is 14.6 Å². The standard InChI is InChI=1S/C21H21FN2O2S.ClH/c22-17-3-1-15(2-4-17)20-6-5-19(27-20)13-23-18-7-10-24(11-8-18)21(25)16-9-12-26-14-16;/h1-6,9,12,14,18,23H,7-8,10-11,13H2;1H. The Morgan fingerprint density at radius 2 is 1.89 bits per heavy atom. The summed E-state index contributed by atoms with van der Waals surface area (Å²) in [5, 5.41) is 3.60. The van der Waals surface area contributed by atoms with E-state index in [1.807, 2.05) is 17.0 Å². The Hall–Kier alpha value is -2.15. The molecule has 0 bridgehead atoms. The van der Waals surface area contributed by atoms with Gasteiger partial charge in [-0.1, -0.05) is 12.1 Å². The first-order valence-corrected chi connectivity index (χ1v) is 9.90. The first-order chi connectivity index (χ1) is 13.2. The third-order valence-electron chi connectivity index (χ3n) is 4.91. The van der Waals surface area contributed by atoms with Crippen LogP contribution in [-0.2, 0) is 6.54 Å². The van der Waals surface area contributed by atoms with E-state index in [2.05, 4.69) is 17.4 Å². The van der Waals surface area contributed by atoms with Crippen molar-refractivity contribution in [2.75, 3.05) is 13.1 Å². The van der Waals surface area contributed by atoms with Crippen LogP contribution in [0.1, 0.15) is 28.1 Å². The van der Waals surface area contributed by atoms with Gasteiger partial charge in [-0.2, -0.15) is 0 Å². The number of carbonyl (C=O) groups is 1. The van der Waals surface area contributed by atoms with Gasteiger partial charge in [0.25, 0.3) is 5.91 Å². The molecule has 1 N–H and O–H groups in total. The largest absolute Gasteiger partial charge is 0.472 e. The highest BCUT2D eigenvalue weighted by Gasteiger charge is 2.23. The van der Waals surface area contributed by atoms with Crippen LogP contribution in [0.5, 0.6) is 0 Å². The molecule has 3 heterocycles. The molecule has 7 heteroatoms. The van der Waals surface area contributed by atoms with Crippen LogP contribution in [0, 0.1) is 5.82 Å². The van der Waals surface area contributed by atoms with Crippen LogP contribution in [0.3, 0.4) is 0 Å². The van der Waals surface area contributed by atoms with E-state index in [9.17, 15) is 9.18 Å². The van der Waals surface area contributed by atoms with Gasteiger partial charge in [-0.3, -0.25) is 4.79 Å². The number of benzene rings is 1. The van der Waals surface area contributed by atoms with Gasteiger partial charge in [-0.25, -0.2) is 4.39 Å². The molecule has 1 amide bonds. The molecule has 2 aromatic heterocycles. The minimum atomic E-state index is -0.213. The molecule has 4 rings (SSSR count). The lowest BCUT2D eigenvalue weighted by atomic mass is 10.0. The Bertz CT molecular complexity index is 888. The van der Waals surface area contributed by atoms with Crippen molar-refractivity contribution in [1.82, 2.24) is 10.2 Å². The molecule has 0 saturated carbocycles. The molecular weight excluding hydrogens is 399 g/mol. The summed E-state index contributed by atoms with van der Waals surface area (Å²) < 4.78 is 18.1. The summed E-state index contributed by atoms with van der Waals surface area (Å²) in [5.41, 5.74) is 1.66. The van der Waals surface area contributed by atoms with Gasteiger partial charge in [0.2, 0.25) is 0 Å². The Labute approximate surface area is 173 Å². The number of halogens is 2. The van der Waals surface area contributed by atoms with Gasteiger partial charge in [-0.05, 0) is 48.7 Å². The normalized spacial score (nSPS) is 14.7. The maximum absolute atomic E-state index is 13.1. The fourth-order valence-corrected chi connectivity index (χ4v) is 4.31. The van der Waals surface area contributed by atoms with Gasteiger partial charge >= 0.3 is 0 Å². The molecule has 0 atom stereocenters. The van der Waals surface area contributed by atoms with Gasteiger partial charge in [0, 0.05) is 35.4 Å². The van der Waals surface area contributed by atoms with Crippen LogP contribution in [-0.4, -0.2) is 29.9 Å². The number of carbonyl (C=O) groups excluding carboxylic acids is 1. The first-order valence-electron chi connectivity index (χ1n) is 9.08. The Balaban J connectivity index is 0.00000225. The van der Waals surface area contributed by atoms with Gasteiger partial charge in [0.1, 0.15) is 12.1 Å². The molecule has 1 aromatic carbocycles. The summed E-state index contributed by atoms with van der Waals surface area (Å²) in [4.78, 5) is 16.6. The number of likely N-dealkylation sites (tertiary alicyclic amines) is 1. The van der Waals surface area contributed by atoms with E-state index in [4.69, 9.17) is 4.42 Å². The van der Waals surface area contributed by atoms with Crippen molar-refractivity contribution >= 4 is 29.7 Å². The van der Waals surface area contributed by atoms with E-state index in [1.165, 1.54) is 29.5 Å². The summed E-state index contributed by atoms with van der Waals surface area (Å²) in [6.45, 7) is 2.33. The van der Waals surface area contributed by atoms with E-state index >= 15 is 0 Å². The van der Waals surface area contributed by atoms with Crippen molar-refractivity contribution in [1.29, 1.82) is 0 Å². The van der Waals surface area contributed by atoms with E-state index < -0.39 is 0 Å². The lowest BCUT2D eigenvalue weighted by Gasteiger charge is -2.32. The quantitative estimate of drug-likeness (QED) is 0.634. The predicted molar refractivity (Wildman–Crippen MR) is 111 cm³/mol. The zero-order valence-corrected chi connectivity index (χ0v) is 16.9. The van der Waals surface area contributed by atoms with Gasteiger partial charge in [0.05, 0.1) is 11.8 Å². The number of nitrogens with zero attached hydrogens (tertiary/aromatic N) is 1. The number of nitrogens with one attached hydrogen (secondary N) is 1. The summed E-state index contributed by atoms with van der Waals surface area (Å²) >= 11 is 1.72. The van der Waals surface area contributed by atoms with Crippen LogP contribution in [0.4, 0.5) is 4.39 Å². The summed E-state index contributed by atoms with van der Waals surface area (Å²) in [6.07, 6.45) is 4.92. The minimum absolute atomic E-state index is 0. The Kier molecular flexibility index (Phi) is 6.88. The Morgan fingerprint density at radius 3 is 2.57 bits per heavy atom. The van der Waals surface area contributed by atoms with Crippen LogP contribution in [0.25, 0.3) is 10.4 Å². The molecule has 148 valence electrons.